The maximum absolute atomic E-state index is 14.2. The van der Waals surface area contributed by atoms with Crippen molar-refractivity contribution in [3.05, 3.63) is 112 Å². The van der Waals surface area contributed by atoms with Crippen LogP contribution in [0.1, 0.15) is 29.7 Å². The van der Waals surface area contributed by atoms with E-state index in [1.807, 2.05) is 60.7 Å². The molecule has 3 aromatic carbocycles. The summed E-state index contributed by atoms with van der Waals surface area (Å²) in [5, 5.41) is 0. The largest absolute Gasteiger partial charge is 0.431 e. The maximum atomic E-state index is 14.2. The first-order valence-electron chi connectivity index (χ1n) is 9.24. The summed E-state index contributed by atoms with van der Waals surface area (Å²) in [4.78, 5) is 1.42. The summed E-state index contributed by atoms with van der Waals surface area (Å²) in [7, 11) is 0. The monoisotopic (exact) mass is 459 g/mol. The van der Waals surface area contributed by atoms with Crippen LogP contribution < -0.4 is 0 Å². The third-order valence-electron chi connectivity index (χ3n) is 4.72. The van der Waals surface area contributed by atoms with E-state index < -0.39 is 17.9 Å². The van der Waals surface area contributed by atoms with Crippen molar-refractivity contribution >= 4 is 22.0 Å². The summed E-state index contributed by atoms with van der Waals surface area (Å²) in [5.41, 5.74) is 1.48. The van der Waals surface area contributed by atoms with Gasteiger partial charge in [0.05, 0.1) is 6.04 Å². The highest BCUT2D eigenvalue weighted by atomic mass is 79.9. The third kappa shape index (κ3) is 5.73. The second kappa shape index (κ2) is 9.31. The first-order chi connectivity index (χ1) is 13.8. The molecule has 0 heterocycles. The molecular formula is C24H21BrF3N. The molecular weight excluding hydrogens is 439 g/mol. The van der Waals surface area contributed by atoms with E-state index >= 15 is 0 Å². The summed E-state index contributed by atoms with van der Waals surface area (Å²) in [6.07, 6.45) is -3.28. The van der Waals surface area contributed by atoms with Crippen LogP contribution in [0.2, 0.25) is 0 Å². The zero-order valence-electron chi connectivity index (χ0n) is 15.9. The lowest BCUT2D eigenvalue weighted by Gasteiger charge is -2.35. The zero-order valence-corrected chi connectivity index (χ0v) is 17.5. The minimum absolute atomic E-state index is 0.152. The highest BCUT2D eigenvalue weighted by molar-refractivity contribution is 9.10. The molecule has 0 bridgehead atoms. The minimum Gasteiger partial charge on any atom is -0.356 e. The predicted octanol–water partition coefficient (Wildman–Crippen LogP) is 7.62. The Morgan fingerprint density at radius 2 is 1.45 bits per heavy atom. The molecule has 0 fully saturated rings. The molecule has 0 radical (unpaired) electrons. The SMILES string of the molecule is C[C@@H](c1ccccc1)N(Cc1ccccc1)/C(=C\c1ccc(Br)cc1)C(F)(F)F. The fourth-order valence-electron chi connectivity index (χ4n) is 3.17. The number of hydrogen-bond donors (Lipinski definition) is 0. The van der Waals surface area contributed by atoms with Crippen molar-refractivity contribution in [3.8, 4) is 0 Å². The van der Waals surface area contributed by atoms with Crippen LogP contribution >= 0.6 is 15.9 Å². The molecule has 150 valence electrons. The van der Waals surface area contributed by atoms with Gasteiger partial charge in [-0.1, -0.05) is 88.7 Å². The van der Waals surface area contributed by atoms with E-state index in [4.69, 9.17) is 0 Å². The average Bonchev–Trinajstić information content (AvgIpc) is 2.72. The van der Waals surface area contributed by atoms with Crippen LogP contribution in [-0.2, 0) is 6.54 Å². The summed E-state index contributed by atoms with van der Waals surface area (Å²) >= 11 is 3.32. The summed E-state index contributed by atoms with van der Waals surface area (Å²) < 4.78 is 43.4. The molecule has 0 spiro atoms. The Kier molecular flexibility index (Phi) is 6.80. The lowest BCUT2D eigenvalue weighted by atomic mass is 10.0. The second-order valence-corrected chi connectivity index (χ2v) is 7.69. The Hall–Kier alpha value is -2.53. The normalized spacial score (nSPS) is 13.2. The number of benzene rings is 3. The number of nitrogens with zero attached hydrogens (tertiary/aromatic N) is 1. The van der Waals surface area contributed by atoms with Crippen molar-refractivity contribution in [2.45, 2.75) is 25.7 Å². The van der Waals surface area contributed by atoms with Crippen molar-refractivity contribution in [2.24, 2.45) is 0 Å². The van der Waals surface area contributed by atoms with Gasteiger partial charge in [-0.3, -0.25) is 0 Å². The van der Waals surface area contributed by atoms with Gasteiger partial charge in [0.25, 0.3) is 0 Å². The third-order valence-corrected chi connectivity index (χ3v) is 5.25. The zero-order chi connectivity index (χ0) is 20.9. The van der Waals surface area contributed by atoms with Crippen molar-refractivity contribution < 1.29 is 13.2 Å². The van der Waals surface area contributed by atoms with Gasteiger partial charge in [-0.25, -0.2) is 0 Å². The van der Waals surface area contributed by atoms with E-state index in [0.717, 1.165) is 15.6 Å². The molecule has 0 unspecified atom stereocenters. The molecule has 1 atom stereocenters. The van der Waals surface area contributed by atoms with Gasteiger partial charge in [-0.2, -0.15) is 13.2 Å². The first-order valence-corrected chi connectivity index (χ1v) is 10.0. The van der Waals surface area contributed by atoms with Gasteiger partial charge >= 0.3 is 6.18 Å². The molecule has 0 aliphatic rings. The molecule has 0 saturated heterocycles. The summed E-state index contributed by atoms with van der Waals surface area (Å²) in [6, 6.07) is 24.9. The van der Waals surface area contributed by atoms with E-state index in [1.54, 1.807) is 31.2 Å². The van der Waals surface area contributed by atoms with Gasteiger partial charge in [0.2, 0.25) is 0 Å². The summed E-state index contributed by atoms with van der Waals surface area (Å²) in [6.45, 7) is 1.96. The van der Waals surface area contributed by atoms with Gasteiger partial charge in [0.15, 0.2) is 0 Å². The number of hydrogen-bond acceptors (Lipinski definition) is 1. The molecule has 3 rings (SSSR count). The molecule has 0 aromatic heterocycles. The molecule has 0 N–H and O–H groups in total. The fraction of sp³-hybridized carbons (Fsp3) is 0.167. The molecule has 29 heavy (non-hydrogen) atoms. The van der Waals surface area contributed by atoms with Gasteiger partial charge in [0.1, 0.15) is 5.70 Å². The second-order valence-electron chi connectivity index (χ2n) is 6.78. The first kappa shape index (κ1) is 21.2. The molecule has 0 amide bonds. The van der Waals surface area contributed by atoms with Crippen LogP contribution in [0.25, 0.3) is 6.08 Å². The number of alkyl halides is 3. The number of rotatable bonds is 6. The molecule has 1 nitrogen and oxygen atoms in total. The Bertz CT molecular complexity index is 935. The van der Waals surface area contributed by atoms with E-state index in [-0.39, 0.29) is 6.54 Å². The number of allylic oxidation sites excluding steroid dienone is 1. The van der Waals surface area contributed by atoms with E-state index in [1.165, 1.54) is 11.0 Å². The molecule has 0 saturated carbocycles. The quantitative estimate of drug-likeness (QED) is 0.366. The molecule has 3 aromatic rings. The van der Waals surface area contributed by atoms with Crippen LogP contribution in [-0.4, -0.2) is 11.1 Å². The Balaban J connectivity index is 2.08. The van der Waals surface area contributed by atoms with Crippen LogP contribution in [0.15, 0.2) is 95.1 Å². The lowest BCUT2D eigenvalue weighted by Crippen LogP contribution is -2.33. The van der Waals surface area contributed by atoms with Crippen molar-refractivity contribution in [1.29, 1.82) is 0 Å². The molecule has 0 aliphatic carbocycles. The van der Waals surface area contributed by atoms with Gasteiger partial charge < -0.3 is 4.90 Å². The Morgan fingerprint density at radius 1 is 0.897 bits per heavy atom. The van der Waals surface area contributed by atoms with E-state index in [2.05, 4.69) is 15.9 Å². The fourth-order valence-corrected chi connectivity index (χ4v) is 3.43. The van der Waals surface area contributed by atoms with Gasteiger partial charge in [-0.05, 0) is 41.8 Å². The molecule has 5 heteroatoms. The van der Waals surface area contributed by atoms with E-state index in [9.17, 15) is 13.2 Å². The predicted molar refractivity (Wildman–Crippen MR) is 115 cm³/mol. The topological polar surface area (TPSA) is 3.24 Å². The van der Waals surface area contributed by atoms with Crippen LogP contribution in [0.3, 0.4) is 0 Å². The summed E-state index contributed by atoms with van der Waals surface area (Å²) in [5.74, 6) is 0. The standard InChI is InChI=1S/C24H21BrF3N/c1-18(21-10-6-3-7-11-21)29(17-20-8-4-2-5-9-20)23(24(26,27)28)16-19-12-14-22(25)15-13-19/h2-16,18H,17H2,1H3/b23-16-/t18-/m0/s1. The van der Waals surface area contributed by atoms with Crippen LogP contribution in [0, 0.1) is 0 Å². The molecule has 0 aliphatic heterocycles. The van der Waals surface area contributed by atoms with Crippen molar-refractivity contribution in [3.63, 3.8) is 0 Å². The lowest BCUT2D eigenvalue weighted by molar-refractivity contribution is -0.114. The highest BCUT2D eigenvalue weighted by Gasteiger charge is 2.39. The van der Waals surface area contributed by atoms with Crippen molar-refractivity contribution in [2.75, 3.05) is 0 Å². The Labute approximate surface area is 177 Å². The average molecular weight is 460 g/mol. The van der Waals surface area contributed by atoms with Gasteiger partial charge in [0, 0.05) is 11.0 Å². The van der Waals surface area contributed by atoms with E-state index in [0.29, 0.717) is 5.56 Å². The smallest absolute Gasteiger partial charge is 0.356 e. The van der Waals surface area contributed by atoms with Crippen LogP contribution in [0.4, 0.5) is 13.2 Å². The maximum Gasteiger partial charge on any atom is 0.431 e. The van der Waals surface area contributed by atoms with Crippen molar-refractivity contribution in [1.82, 2.24) is 4.90 Å². The number of halogens is 4. The minimum atomic E-state index is -4.50. The van der Waals surface area contributed by atoms with Crippen LogP contribution in [0.5, 0.6) is 0 Å². The van der Waals surface area contributed by atoms with Gasteiger partial charge in [-0.15, -0.1) is 0 Å². The Morgan fingerprint density at radius 3 is 2.00 bits per heavy atom. The highest BCUT2D eigenvalue weighted by Crippen LogP contribution is 2.37.